The second kappa shape index (κ2) is 16.5. The van der Waals surface area contributed by atoms with Crippen molar-refractivity contribution in [2.45, 2.75) is 27.7 Å². The summed E-state index contributed by atoms with van der Waals surface area (Å²) in [6.07, 6.45) is 9.82. The normalized spacial score (nSPS) is 14.6. The molecular formula is C38H38CuN6O2. The molecule has 1 radical (unpaired) electrons. The van der Waals surface area contributed by atoms with Gasteiger partial charge in [0.25, 0.3) is 0 Å². The van der Waals surface area contributed by atoms with E-state index in [-0.39, 0.29) is 28.6 Å². The van der Waals surface area contributed by atoms with Crippen molar-refractivity contribution in [1.29, 1.82) is 0 Å². The summed E-state index contributed by atoms with van der Waals surface area (Å²) in [4.78, 5) is 45.9. The van der Waals surface area contributed by atoms with Gasteiger partial charge in [-0.2, -0.15) is 0 Å². The SMILES string of the molecule is CCN(CC)c1ccc(N=C2C=CC(=O)c3ncccc32)cc1.CCN(CC)c1ccc(N=C2C=CC(=O)c3ncccc32)cc1.[Cu]. The number of allylic oxidation sites excluding steroid dienone is 4. The third-order valence-corrected chi connectivity index (χ3v) is 7.87. The second-order valence-electron chi connectivity index (χ2n) is 10.6. The zero-order valence-corrected chi connectivity index (χ0v) is 28.0. The Hall–Kier alpha value is -4.98. The van der Waals surface area contributed by atoms with Gasteiger partial charge in [-0.15, -0.1) is 0 Å². The van der Waals surface area contributed by atoms with Crippen LogP contribution in [0.5, 0.6) is 0 Å². The van der Waals surface area contributed by atoms with Crippen LogP contribution in [-0.2, 0) is 17.1 Å². The van der Waals surface area contributed by atoms with Crippen LogP contribution in [0.4, 0.5) is 22.7 Å². The zero-order chi connectivity index (χ0) is 32.5. The van der Waals surface area contributed by atoms with Gasteiger partial charge in [0.05, 0.1) is 22.8 Å². The van der Waals surface area contributed by atoms with E-state index < -0.39 is 0 Å². The maximum absolute atomic E-state index is 11.9. The van der Waals surface area contributed by atoms with E-state index in [9.17, 15) is 9.59 Å². The number of aromatic nitrogens is 2. The van der Waals surface area contributed by atoms with Crippen LogP contribution in [0.1, 0.15) is 59.8 Å². The number of ketones is 2. The molecule has 8 nitrogen and oxygen atoms in total. The van der Waals surface area contributed by atoms with E-state index in [0.717, 1.165) is 60.1 Å². The molecule has 0 spiro atoms. The van der Waals surface area contributed by atoms with Gasteiger partial charge >= 0.3 is 0 Å². The van der Waals surface area contributed by atoms with Crippen LogP contribution in [0, 0.1) is 0 Å². The maximum Gasteiger partial charge on any atom is 0.204 e. The quantitative estimate of drug-likeness (QED) is 0.179. The zero-order valence-electron chi connectivity index (χ0n) is 27.0. The van der Waals surface area contributed by atoms with Crippen LogP contribution in [0.2, 0.25) is 0 Å². The van der Waals surface area contributed by atoms with Gasteiger partial charge in [-0.1, -0.05) is 0 Å². The molecule has 9 heteroatoms. The number of aliphatic imine (C=N–C) groups is 2. The first-order valence-corrected chi connectivity index (χ1v) is 15.7. The maximum atomic E-state index is 11.9. The van der Waals surface area contributed by atoms with Crippen LogP contribution in [0.15, 0.2) is 119 Å². The molecule has 0 bridgehead atoms. The Morgan fingerprint density at radius 3 is 1.23 bits per heavy atom. The van der Waals surface area contributed by atoms with Gasteiger partial charge < -0.3 is 9.80 Å². The molecule has 243 valence electrons. The van der Waals surface area contributed by atoms with E-state index in [4.69, 9.17) is 0 Å². The summed E-state index contributed by atoms with van der Waals surface area (Å²) in [5, 5.41) is 0. The summed E-state index contributed by atoms with van der Waals surface area (Å²) in [5.74, 6) is -0.145. The van der Waals surface area contributed by atoms with Crippen LogP contribution >= 0.6 is 0 Å². The van der Waals surface area contributed by atoms with E-state index in [1.807, 2.05) is 48.5 Å². The Balaban J connectivity index is 0.000000208. The van der Waals surface area contributed by atoms with E-state index in [1.165, 1.54) is 23.5 Å². The monoisotopic (exact) mass is 673 g/mol. The van der Waals surface area contributed by atoms with Crippen LogP contribution in [-0.4, -0.2) is 59.1 Å². The second-order valence-corrected chi connectivity index (χ2v) is 10.6. The minimum atomic E-state index is -0.0727. The molecule has 0 atom stereocenters. The fourth-order valence-electron chi connectivity index (χ4n) is 5.39. The summed E-state index contributed by atoms with van der Waals surface area (Å²) in [6.45, 7) is 12.5. The number of carbonyl (C=O) groups excluding carboxylic acids is 2. The van der Waals surface area contributed by atoms with Crippen molar-refractivity contribution in [1.82, 2.24) is 9.97 Å². The number of benzene rings is 2. The van der Waals surface area contributed by atoms with Gasteiger partial charge in [0.2, 0.25) is 11.6 Å². The number of pyridine rings is 2. The molecule has 0 aliphatic heterocycles. The summed E-state index contributed by atoms with van der Waals surface area (Å²) >= 11 is 0. The molecule has 2 aromatic carbocycles. The number of hydrogen-bond acceptors (Lipinski definition) is 8. The fourth-order valence-corrected chi connectivity index (χ4v) is 5.39. The molecule has 2 heterocycles. The van der Waals surface area contributed by atoms with Crippen molar-refractivity contribution >= 4 is 45.7 Å². The Bertz CT molecular complexity index is 1680. The molecule has 2 aliphatic rings. The van der Waals surface area contributed by atoms with Gasteiger partial charge in [-0.05, 0) is 125 Å². The van der Waals surface area contributed by atoms with Crippen molar-refractivity contribution < 1.29 is 26.7 Å². The van der Waals surface area contributed by atoms with Crippen LogP contribution in [0.3, 0.4) is 0 Å². The Morgan fingerprint density at radius 1 is 0.532 bits per heavy atom. The average Bonchev–Trinajstić information content (AvgIpc) is 3.10. The number of nitrogens with zero attached hydrogens (tertiary/aromatic N) is 6. The molecular weight excluding hydrogens is 636 g/mol. The van der Waals surface area contributed by atoms with Crippen LogP contribution < -0.4 is 9.80 Å². The molecule has 0 amide bonds. The molecule has 6 rings (SSSR count). The minimum Gasteiger partial charge on any atom is -0.372 e. The van der Waals surface area contributed by atoms with Crippen molar-refractivity contribution in [3.8, 4) is 0 Å². The van der Waals surface area contributed by atoms with E-state index in [2.05, 4.69) is 81.7 Å². The van der Waals surface area contributed by atoms with E-state index in [1.54, 1.807) is 24.5 Å². The molecule has 0 saturated carbocycles. The number of rotatable bonds is 8. The topological polar surface area (TPSA) is 91.1 Å². The first-order valence-electron chi connectivity index (χ1n) is 15.7. The van der Waals surface area contributed by atoms with Crippen molar-refractivity contribution in [2.75, 3.05) is 36.0 Å². The summed E-state index contributed by atoms with van der Waals surface area (Å²) in [5.41, 5.74) is 8.15. The number of fused-ring (bicyclic) bond motifs is 2. The third kappa shape index (κ3) is 8.25. The Morgan fingerprint density at radius 2 is 0.894 bits per heavy atom. The van der Waals surface area contributed by atoms with Crippen LogP contribution in [0.25, 0.3) is 0 Å². The standard InChI is InChI=1S/2C19H19N3O.Cu/c2*1-3-22(4-2)15-9-7-14(8-10-15)21-17-11-12-18(23)19-16(17)6-5-13-20-19;/h2*5-13H,3-4H2,1-2H3;. The Kier molecular flexibility index (Phi) is 12.3. The average molecular weight is 674 g/mol. The van der Waals surface area contributed by atoms with Crippen molar-refractivity contribution in [3.63, 3.8) is 0 Å². The molecule has 2 aromatic heterocycles. The molecule has 0 N–H and O–H groups in total. The van der Waals surface area contributed by atoms with E-state index in [0.29, 0.717) is 11.4 Å². The number of carbonyl (C=O) groups is 2. The molecule has 0 fully saturated rings. The van der Waals surface area contributed by atoms with Crippen molar-refractivity contribution in [3.05, 3.63) is 132 Å². The van der Waals surface area contributed by atoms with Gasteiger partial charge in [-0.25, -0.2) is 9.98 Å². The smallest absolute Gasteiger partial charge is 0.204 e. The summed E-state index contributed by atoms with van der Waals surface area (Å²) in [6, 6.07) is 23.7. The Labute approximate surface area is 287 Å². The molecule has 0 saturated heterocycles. The summed E-state index contributed by atoms with van der Waals surface area (Å²) < 4.78 is 0. The molecule has 4 aromatic rings. The minimum absolute atomic E-state index is 0. The van der Waals surface area contributed by atoms with Gasteiger partial charge in [0, 0.05) is 78.1 Å². The third-order valence-electron chi connectivity index (χ3n) is 7.87. The number of hydrogen-bond donors (Lipinski definition) is 0. The largest absolute Gasteiger partial charge is 0.372 e. The summed E-state index contributed by atoms with van der Waals surface area (Å²) in [7, 11) is 0. The van der Waals surface area contributed by atoms with Gasteiger partial charge in [-0.3, -0.25) is 19.6 Å². The first kappa shape index (κ1) is 34.9. The molecule has 0 unspecified atom stereocenters. The molecule has 2 aliphatic carbocycles. The first-order chi connectivity index (χ1) is 22.4. The predicted molar refractivity (Wildman–Crippen MR) is 188 cm³/mol. The van der Waals surface area contributed by atoms with Gasteiger partial charge in [0.1, 0.15) is 11.4 Å². The van der Waals surface area contributed by atoms with E-state index >= 15 is 0 Å². The van der Waals surface area contributed by atoms with Crippen molar-refractivity contribution in [2.24, 2.45) is 9.98 Å². The van der Waals surface area contributed by atoms with Gasteiger partial charge in [0.15, 0.2) is 0 Å². The number of anilines is 2. The molecule has 47 heavy (non-hydrogen) atoms. The predicted octanol–water partition coefficient (Wildman–Crippen LogP) is 7.60. The fraction of sp³-hybridized carbons (Fsp3) is 0.211.